The van der Waals surface area contributed by atoms with Crippen molar-refractivity contribution in [2.75, 3.05) is 6.54 Å². The molecule has 1 atom stereocenters. The summed E-state index contributed by atoms with van der Waals surface area (Å²) >= 11 is 0. The summed E-state index contributed by atoms with van der Waals surface area (Å²) in [6, 6.07) is 13.1. The van der Waals surface area contributed by atoms with E-state index < -0.39 is 11.7 Å². The maximum Gasteiger partial charge on any atom is 0.295 e. The van der Waals surface area contributed by atoms with Crippen molar-refractivity contribution in [1.82, 2.24) is 14.9 Å². The molecule has 5 heteroatoms. The summed E-state index contributed by atoms with van der Waals surface area (Å²) in [7, 11) is 0. The van der Waals surface area contributed by atoms with Gasteiger partial charge in [0.25, 0.3) is 11.7 Å². The Morgan fingerprint density at radius 2 is 1.96 bits per heavy atom. The van der Waals surface area contributed by atoms with Gasteiger partial charge < -0.3 is 9.88 Å². The lowest BCUT2D eigenvalue weighted by molar-refractivity contribution is -0.127. The van der Waals surface area contributed by atoms with E-state index in [9.17, 15) is 9.59 Å². The molecule has 0 aliphatic carbocycles. The zero-order valence-corrected chi connectivity index (χ0v) is 14.0. The smallest absolute Gasteiger partial charge is 0.295 e. The van der Waals surface area contributed by atoms with Crippen LogP contribution in [-0.4, -0.2) is 33.1 Å². The molecule has 4 rings (SSSR count). The molecule has 25 heavy (non-hydrogen) atoms. The third-order valence-corrected chi connectivity index (χ3v) is 4.86. The van der Waals surface area contributed by atoms with Crippen LogP contribution in [-0.2, 0) is 4.79 Å². The van der Waals surface area contributed by atoms with Crippen molar-refractivity contribution in [1.29, 1.82) is 0 Å². The number of carbonyl (C=O) groups excluding carboxylic acids is 2. The first-order chi connectivity index (χ1) is 12.2. The number of carbonyl (C=O) groups is 2. The average molecular weight is 333 g/mol. The zero-order valence-electron chi connectivity index (χ0n) is 14.0. The van der Waals surface area contributed by atoms with Crippen LogP contribution in [0.25, 0.3) is 10.9 Å². The molecule has 1 aliphatic rings. The maximum absolute atomic E-state index is 13.0. The molecule has 1 unspecified atom stereocenters. The van der Waals surface area contributed by atoms with Gasteiger partial charge in [-0.1, -0.05) is 24.3 Å². The molecule has 1 N–H and O–H groups in total. The van der Waals surface area contributed by atoms with Crippen LogP contribution in [0.5, 0.6) is 0 Å². The van der Waals surface area contributed by atoms with Crippen molar-refractivity contribution in [3.63, 3.8) is 0 Å². The van der Waals surface area contributed by atoms with Gasteiger partial charge in [-0.15, -0.1) is 0 Å². The van der Waals surface area contributed by atoms with Gasteiger partial charge in [0, 0.05) is 29.3 Å². The number of nitrogens with zero attached hydrogens (tertiary/aromatic N) is 2. The molecule has 1 aliphatic heterocycles. The van der Waals surface area contributed by atoms with Crippen molar-refractivity contribution in [3.05, 3.63) is 65.6 Å². The van der Waals surface area contributed by atoms with E-state index in [1.165, 1.54) is 0 Å². The normalized spacial score (nSPS) is 17.2. The van der Waals surface area contributed by atoms with Crippen molar-refractivity contribution in [2.45, 2.75) is 25.8 Å². The van der Waals surface area contributed by atoms with Crippen LogP contribution >= 0.6 is 0 Å². The van der Waals surface area contributed by atoms with Crippen LogP contribution < -0.4 is 0 Å². The molecule has 1 fully saturated rings. The van der Waals surface area contributed by atoms with E-state index in [4.69, 9.17) is 0 Å². The summed E-state index contributed by atoms with van der Waals surface area (Å²) in [6.45, 7) is 2.42. The molecular weight excluding hydrogens is 314 g/mol. The topological polar surface area (TPSA) is 66.1 Å². The van der Waals surface area contributed by atoms with Gasteiger partial charge in [-0.25, -0.2) is 0 Å². The number of aryl methyl sites for hydroxylation is 1. The number of Topliss-reactive ketones (excluding diaryl/α,β-unsaturated/α-hetero) is 1. The number of amides is 1. The number of aromatic amines is 1. The predicted molar refractivity (Wildman–Crippen MR) is 95.3 cm³/mol. The van der Waals surface area contributed by atoms with Crippen LogP contribution in [0.2, 0.25) is 0 Å². The molecule has 1 aromatic carbocycles. The Labute approximate surface area is 145 Å². The van der Waals surface area contributed by atoms with Crippen molar-refractivity contribution in [2.24, 2.45) is 0 Å². The third-order valence-electron chi connectivity index (χ3n) is 4.86. The first-order valence-corrected chi connectivity index (χ1v) is 8.50. The number of benzene rings is 1. The quantitative estimate of drug-likeness (QED) is 0.590. The van der Waals surface area contributed by atoms with Gasteiger partial charge >= 0.3 is 0 Å². The van der Waals surface area contributed by atoms with E-state index in [-0.39, 0.29) is 6.04 Å². The predicted octanol–water partition coefficient (Wildman–Crippen LogP) is 3.42. The third kappa shape index (κ3) is 2.61. The van der Waals surface area contributed by atoms with Gasteiger partial charge in [0.05, 0.1) is 17.3 Å². The Kier molecular flexibility index (Phi) is 3.84. The Morgan fingerprint density at radius 3 is 2.76 bits per heavy atom. The van der Waals surface area contributed by atoms with Gasteiger partial charge in [-0.3, -0.25) is 14.6 Å². The fourth-order valence-electron chi connectivity index (χ4n) is 3.70. The van der Waals surface area contributed by atoms with Crippen LogP contribution in [0.15, 0.2) is 48.7 Å². The molecule has 3 heterocycles. The SMILES string of the molecule is Cc1[nH]c2ccccc2c1C(=O)C(=O)N1CCCC1c1ccccn1. The van der Waals surface area contributed by atoms with Gasteiger partial charge in [-0.05, 0) is 38.0 Å². The zero-order chi connectivity index (χ0) is 17.4. The number of ketones is 1. The number of aromatic nitrogens is 2. The molecule has 0 radical (unpaired) electrons. The Balaban J connectivity index is 1.68. The molecule has 5 nitrogen and oxygen atoms in total. The Bertz CT molecular complexity index is 946. The van der Waals surface area contributed by atoms with Crippen LogP contribution in [0.3, 0.4) is 0 Å². The molecule has 3 aromatic rings. The lowest BCUT2D eigenvalue weighted by atomic mass is 10.0. The maximum atomic E-state index is 13.0. The second-order valence-corrected chi connectivity index (χ2v) is 6.41. The second kappa shape index (κ2) is 6.16. The molecular formula is C20H19N3O2. The number of H-pyrrole nitrogens is 1. The molecule has 1 amide bonds. The highest BCUT2D eigenvalue weighted by Crippen LogP contribution is 2.32. The minimum atomic E-state index is -0.446. The number of likely N-dealkylation sites (tertiary alicyclic amines) is 1. The molecule has 0 spiro atoms. The minimum absolute atomic E-state index is 0.122. The van der Waals surface area contributed by atoms with Gasteiger partial charge in [0.15, 0.2) is 0 Å². The molecule has 2 aromatic heterocycles. The largest absolute Gasteiger partial charge is 0.358 e. The Morgan fingerprint density at radius 1 is 1.16 bits per heavy atom. The van der Waals surface area contributed by atoms with Crippen molar-refractivity contribution in [3.8, 4) is 0 Å². The fourth-order valence-corrected chi connectivity index (χ4v) is 3.70. The van der Waals surface area contributed by atoms with Gasteiger partial charge in [-0.2, -0.15) is 0 Å². The Hall–Kier alpha value is -2.95. The highest BCUT2D eigenvalue weighted by atomic mass is 16.2. The van der Waals surface area contributed by atoms with Crippen LogP contribution in [0, 0.1) is 6.92 Å². The fraction of sp³-hybridized carbons (Fsp3) is 0.250. The molecule has 0 bridgehead atoms. The first-order valence-electron chi connectivity index (χ1n) is 8.50. The van der Waals surface area contributed by atoms with E-state index >= 15 is 0 Å². The van der Waals surface area contributed by atoms with Gasteiger partial charge in [0.2, 0.25) is 0 Å². The number of rotatable bonds is 3. The summed E-state index contributed by atoms with van der Waals surface area (Å²) in [6.07, 6.45) is 3.44. The highest BCUT2D eigenvalue weighted by molar-refractivity contribution is 6.45. The van der Waals surface area contributed by atoms with Crippen molar-refractivity contribution < 1.29 is 9.59 Å². The van der Waals surface area contributed by atoms with Crippen LogP contribution in [0.4, 0.5) is 0 Å². The van der Waals surface area contributed by atoms with Crippen LogP contribution in [0.1, 0.15) is 40.6 Å². The van der Waals surface area contributed by atoms with Gasteiger partial charge in [0.1, 0.15) is 0 Å². The number of nitrogens with one attached hydrogen (secondary N) is 1. The lowest BCUT2D eigenvalue weighted by Crippen LogP contribution is -2.36. The first kappa shape index (κ1) is 15.6. The summed E-state index contributed by atoms with van der Waals surface area (Å²) in [5, 5.41) is 0.798. The summed E-state index contributed by atoms with van der Waals surface area (Å²) in [4.78, 5) is 35.2. The summed E-state index contributed by atoms with van der Waals surface area (Å²) < 4.78 is 0. The van der Waals surface area contributed by atoms with E-state index in [1.807, 2.05) is 49.4 Å². The van der Waals surface area contributed by atoms with Crippen molar-refractivity contribution >= 4 is 22.6 Å². The number of hydrogen-bond donors (Lipinski definition) is 1. The number of pyridine rings is 1. The number of fused-ring (bicyclic) bond motifs is 1. The van der Waals surface area contributed by atoms with E-state index in [0.717, 1.165) is 35.1 Å². The minimum Gasteiger partial charge on any atom is -0.358 e. The van der Waals surface area contributed by atoms with E-state index in [1.54, 1.807) is 11.1 Å². The molecule has 0 saturated carbocycles. The monoisotopic (exact) mass is 333 g/mol. The van der Waals surface area contributed by atoms with E-state index in [2.05, 4.69) is 9.97 Å². The number of hydrogen-bond acceptors (Lipinski definition) is 3. The lowest BCUT2D eigenvalue weighted by Gasteiger charge is -2.23. The molecule has 1 saturated heterocycles. The molecule has 126 valence electrons. The number of para-hydroxylation sites is 1. The summed E-state index contributed by atoms with van der Waals surface area (Å²) in [5.74, 6) is -0.890. The second-order valence-electron chi connectivity index (χ2n) is 6.41. The average Bonchev–Trinajstić information content (AvgIpc) is 3.25. The highest BCUT2D eigenvalue weighted by Gasteiger charge is 2.35. The standard InChI is InChI=1S/C20H19N3O2/c1-13-18(14-7-2-3-8-15(14)22-13)19(24)20(25)23-12-6-10-17(23)16-9-4-5-11-21-16/h2-5,7-9,11,17,22H,6,10,12H2,1H3. The van der Waals surface area contributed by atoms with E-state index in [0.29, 0.717) is 12.1 Å². The summed E-state index contributed by atoms with van der Waals surface area (Å²) in [5.41, 5.74) is 2.93.